The van der Waals surface area contributed by atoms with Crippen molar-refractivity contribution in [1.29, 1.82) is 0 Å². The fourth-order valence-corrected chi connectivity index (χ4v) is 4.36. The highest BCUT2D eigenvalue weighted by molar-refractivity contribution is 6.31. The average Bonchev–Trinajstić information content (AvgIpc) is 3.70. The Kier molecular flexibility index (Phi) is 6.99. The molecule has 2 aromatic carbocycles. The number of anilines is 2. The molecule has 2 fully saturated rings. The van der Waals surface area contributed by atoms with Gasteiger partial charge in [0.05, 0.1) is 37.5 Å². The minimum Gasteiger partial charge on any atom is -0.493 e. The molecule has 0 spiro atoms. The fraction of sp³-hybridized carbons (Fsp3) is 0.440. The number of nitrogens with one attached hydrogen (secondary N) is 1. The highest BCUT2D eigenvalue weighted by Crippen LogP contribution is 2.46. The van der Waals surface area contributed by atoms with Crippen molar-refractivity contribution in [3.8, 4) is 11.8 Å². The summed E-state index contributed by atoms with van der Waals surface area (Å²) in [5.41, 5.74) is 2.56. The highest BCUT2D eigenvalue weighted by atomic mass is 35.5. The number of methoxy groups -OCH3 is 1. The molecule has 1 saturated carbocycles. The van der Waals surface area contributed by atoms with Crippen LogP contribution in [0.15, 0.2) is 30.3 Å². The lowest BCUT2D eigenvalue weighted by Gasteiger charge is -2.26. The predicted octanol–water partition coefficient (Wildman–Crippen LogP) is 5.15. The summed E-state index contributed by atoms with van der Waals surface area (Å²) >= 11 is 5.97. The van der Waals surface area contributed by atoms with Crippen LogP contribution >= 0.6 is 11.6 Å². The summed E-state index contributed by atoms with van der Waals surface area (Å²) in [4.78, 5) is 11.5. The number of rotatable bonds is 9. The van der Waals surface area contributed by atoms with Crippen molar-refractivity contribution in [2.75, 3.05) is 51.9 Å². The first-order valence-corrected chi connectivity index (χ1v) is 12.0. The van der Waals surface area contributed by atoms with Gasteiger partial charge in [-0.05, 0) is 61.1 Å². The van der Waals surface area contributed by atoms with Gasteiger partial charge in [-0.1, -0.05) is 11.6 Å². The molecule has 2 heterocycles. The molecule has 7 nitrogen and oxygen atoms in total. The van der Waals surface area contributed by atoms with E-state index in [1.165, 1.54) is 24.8 Å². The van der Waals surface area contributed by atoms with Crippen molar-refractivity contribution in [3.05, 3.63) is 46.7 Å². The smallest absolute Gasteiger partial charge is 0.318 e. The van der Waals surface area contributed by atoms with Gasteiger partial charge < -0.3 is 19.5 Å². The summed E-state index contributed by atoms with van der Waals surface area (Å²) in [5, 5.41) is 4.07. The number of hydrogen-bond donors (Lipinski definition) is 1. The largest absolute Gasteiger partial charge is 0.493 e. The van der Waals surface area contributed by atoms with Crippen LogP contribution in [-0.2, 0) is 4.74 Å². The normalized spacial score (nSPS) is 16.6. The molecule has 9 heteroatoms. The van der Waals surface area contributed by atoms with Gasteiger partial charge in [0.15, 0.2) is 0 Å². The number of fused-ring (bicyclic) bond motifs is 1. The predicted molar refractivity (Wildman–Crippen MR) is 130 cm³/mol. The van der Waals surface area contributed by atoms with Crippen LogP contribution in [0, 0.1) is 5.82 Å². The molecule has 0 unspecified atom stereocenters. The van der Waals surface area contributed by atoms with E-state index >= 15 is 0 Å². The Balaban J connectivity index is 1.41. The van der Waals surface area contributed by atoms with Gasteiger partial charge >= 0.3 is 6.01 Å². The van der Waals surface area contributed by atoms with Crippen molar-refractivity contribution >= 4 is 34.0 Å². The number of nitrogens with zero attached hydrogens (tertiary/aromatic N) is 3. The molecular weight excluding hydrogens is 459 g/mol. The van der Waals surface area contributed by atoms with E-state index in [2.05, 4.69) is 26.3 Å². The van der Waals surface area contributed by atoms with Gasteiger partial charge in [0, 0.05) is 30.7 Å². The number of morpholine rings is 1. The maximum Gasteiger partial charge on any atom is 0.318 e. The number of benzene rings is 2. The Morgan fingerprint density at radius 3 is 2.74 bits per heavy atom. The van der Waals surface area contributed by atoms with Crippen molar-refractivity contribution < 1.29 is 18.6 Å². The molecule has 2 aliphatic rings. The van der Waals surface area contributed by atoms with Gasteiger partial charge in [-0.2, -0.15) is 9.97 Å². The maximum absolute atomic E-state index is 13.6. The summed E-state index contributed by atoms with van der Waals surface area (Å²) < 4.78 is 30.7. The van der Waals surface area contributed by atoms with Gasteiger partial charge in [-0.15, -0.1) is 0 Å². The quantitative estimate of drug-likeness (QED) is 0.419. The highest BCUT2D eigenvalue weighted by Gasteiger charge is 2.28. The Hall–Kier alpha value is -2.68. The molecule has 0 radical (unpaired) electrons. The van der Waals surface area contributed by atoms with Gasteiger partial charge in [0.2, 0.25) is 0 Å². The lowest BCUT2D eigenvalue weighted by atomic mass is 10.1. The molecule has 0 bridgehead atoms. The molecule has 1 aliphatic heterocycles. The standard InChI is InChI=1S/C25H28ClFN4O3/c1-32-25-29-22-14-18(16-3-4-16)23(34-10-2-7-31-8-11-33-12-9-31)15-19(22)24(30-25)28-17-5-6-21(27)20(26)13-17/h5-6,13-16H,2-4,7-12H2,1H3,(H,28,29,30). The van der Waals surface area contributed by atoms with Crippen LogP contribution < -0.4 is 14.8 Å². The van der Waals surface area contributed by atoms with E-state index in [-0.39, 0.29) is 11.0 Å². The first-order valence-electron chi connectivity index (χ1n) is 11.7. The molecule has 1 aromatic heterocycles. The SMILES string of the molecule is COc1nc(Nc2ccc(F)c(Cl)c2)c2cc(OCCCN3CCOCC3)c(C3CC3)cc2n1. The molecule has 5 rings (SSSR count). The van der Waals surface area contributed by atoms with Gasteiger partial charge in [0.25, 0.3) is 0 Å². The molecule has 1 saturated heterocycles. The monoisotopic (exact) mass is 486 g/mol. The van der Waals surface area contributed by atoms with E-state index in [9.17, 15) is 4.39 Å². The van der Waals surface area contributed by atoms with Crippen molar-refractivity contribution in [1.82, 2.24) is 14.9 Å². The zero-order chi connectivity index (χ0) is 23.5. The maximum atomic E-state index is 13.6. The first-order chi connectivity index (χ1) is 16.6. The van der Waals surface area contributed by atoms with Gasteiger partial charge in [0.1, 0.15) is 17.4 Å². The van der Waals surface area contributed by atoms with E-state index < -0.39 is 5.82 Å². The molecule has 1 aliphatic carbocycles. The number of aromatic nitrogens is 2. The zero-order valence-corrected chi connectivity index (χ0v) is 19.9. The summed E-state index contributed by atoms with van der Waals surface area (Å²) in [6.45, 7) is 5.19. The first kappa shape index (κ1) is 23.1. The number of ether oxygens (including phenoxy) is 3. The van der Waals surface area contributed by atoms with E-state index in [1.54, 1.807) is 6.07 Å². The topological polar surface area (TPSA) is 68.7 Å². The number of hydrogen-bond acceptors (Lipinski definition) is 7. The molecule has 3 aromatic rings. The van der Waals surface area contributed by atoms with E-state index in [0.29, 0.717) is 24.0 Å². The molecule has 0 amide bonds. The molecule has 1 N–H and O–H groups in total. The van der Waals surface area contributed by atoms with Crippen molar-refractivity contribution in [2.45, 2.75) is 25.2 Å². The summed E-state index contributed by atoms with van der Waals surface area (Å²) in [5.74, 6) is 1.43. The lowest BCUT2D eigenvalue weighted by Crippen LogP contribution is -2.37. The van der Waals surface area contributed by atoms with E-state index in [0.717, 1.165) is 68.8 Å². The lowest BCUT2D eigenvalue weighted by molar-refractivity contribution is 0.0358. The number of halogens is 2. The van der Waals surface area contributed by atoms with Gasteiger partial charge in [-0.25, -0.2) is 4.39 Å². The Morgan fingerprint density at radius 1 is 1.18 bits per heavy atom. The Bertz CT molecular complexity index is 1170. The fourth-order valence-electron chi connectivity index (χ4n) is 4.18. The third-order valence-electron chi connectivity index (χ3n) is 6.17. The molecule has 0 atom stereocenters. The molecular formula is C25H28ClFN4O3. The minimum absolute atomic E-state index is 0.0376. The zero-order valence-electron chi connectivity index (χ0n) is 19.2. The van der Waals surface area contributed by atoms with Crippen molar-refractivity contribution in [2.24, 2.45) is 0 Å². The second-order valence-electron chi connectivity index (χ2n) is 8.65. The average molecular weight is 487 g/mol. The van der Waals surface area contributed by atoms with Crippen LogP contribution in [0.1, 0.15) is 30.7 Å². The second-order valence-corrected chi connectivity index (χ2v) is 9.06. The van der Waals surface area contributed by atoms with Crippen LogP contribution in [0.25, 0.3) is 10.9 Å². The molecule has 34 heavy (non-hydrogen) atoms. The second kappa shape index (κ2) is 10.3. The van der Waals surface area contributed by atoms with Crippen LogP contribution in [0.3, 0.4) is 0 Å². The summed E-state index contributed by atoms with van der Waals surface area (Å²) in [6.07, 6.45) is 3.24. The Labute approximate surface area is 203 Å². The molecule has 180 valence electrons. The van der Waals surface area contributed by atoms with Gasteiger partial charge in [-0.3, -0.25) is 4.90 Å². The minimum atomic E-state index is -0.473. The summed E-state index contributed by atoms with van der Waals surface area (Å²) in [6, 6.07) is 8.80. The van der Waals surface area contributed by atoms with Crippen molar-refractivity contribution in [3.63, 3.8) is 0 Å². The summed E-state index contributed by atoms with van der Waals surface area (Å²) in [7, 11) is 1.54. The third kappa shape index (κ3) is 5.35. The van der Waals surface area contributed by atoms with Crippen LogP contribution in [-0.4, -0.2) is 61.4 Å². The van der Waals surface area contributed by atoms with Crippen LogP contribution in [0.2, 0.25) is 5.02 Å². The van der Waals surface area contributed by atoms with E-state index in [1.807, 2.05) is 6.07 Å². The van der Waals surface area contributed by atoms with E-state index in [4.69, 9.17) is 25.8 Å². The third-order valence-corrected chi connectivity index (χ3v) is 6.46. The van der Waals surface area contributed by atoms with Crippen LogP contribution in [0.5, 0.6) is 11.8 Å². The van der Waals surface area contributed by atoms with Crippen LogP contribution in [0.4, 0.5) is 15.9 Å². The Morgan fingerprint density at radius 2 is 2.00 bits per heavy atom.